The Kier molecular flexibility index (Phi) is 41.1. The second-order valence-electron chi connectivity index (χ2n) is 15.7. The smallest absolute Gasteiger partial charge is 0.0782 e. The van der Waals surface area contributed by atoms with Crippen molar-refractivity contribution in [1.82, 2.24) is 0 Å². The number of hydrogen-bond donors (Lipinski definition) is 0. The second kappa shape index (κ2) is 36.7. The summed E-state index contributed by atoms with van der Waals surface area (Å²) in [6.45, 7) is 10.1. The highest BCUT2D eigenvalue weighted by Crippen LogP contribution is 2.16. The maximum atomic E-state index is 2.47. The molecule has 0 unspecified atom stereocenters. The first-order chi connectivity index (χ1) is 20.3. The van der Waals surface area contributed by atoms with Crippen molar-refractivity contribution < 1.29 is 42.9 Å². The predicted molar refractivity (Wildman–Crippen MR) is 194 cm³/mol. The molecular weight excluding hydrogens is 668 g/mol. The van der Waals surface area contributed by atoms with E-state index < -0.39 is 0 Å². The van der Waals surface area contributed by atoms with Crippen LogP contribution in [0.25, 0.3) is 0 Å². The summed E-state index contributed by atoms with van der Waals surface area (Å²) in [5.41, 5.74) is 0. The fraction of sp³-hybridized carbons (Fsp3) is 1.00. The third-order valence-electron chi connectivity index (χ3n) is 10.0. The molecule has 0 fully saturated rings. The van der Waals surface area contributed by atoms with Gasteiger partial charge in [0.2, 0.25) is 0 Å². The van der Waals surface area contributed by atoms with Crippen LogP contribution in [0.2, 0.25) is 0 Å². The zero-order valence-electron chi connectivity index (χ0n) is 31.7. The van der Waals surface area contributed by atoms with E-state index in [0.717, 1.165) is 0 Å². The maximum Gasteiger partial charge on any atom is 0.0782 e. The molecule has 0 amide bonds. The molecule has 0 atom stereocenters. The molecule has 0 spiro atoms. The first-order valence-corrected chi connectivity index (χ1v) is 20.0. The van der Waals surface area contributed by atoms with E-state index in [-0.39, 0.29) is 34.0 Å². The molecule has 4 heteroatoms. The largest absolute Gasteiger partial charge is 1.00 e. The van der Waals surface area contributed by atoms with Crippen molar-refractivity contribution in [2.45, 2.75) is 206 Å². The zero-order chi connectivity index (χ0) is 31.0. The molecule has 0 aromatic carbocycles. The first kappa shape index (κ1) is 49.3. The van der Waals surface area contributed by atoms with E-state index in [9.17, 15) is 0 Å². The Morgan fingerprint density at radius 2 is 0.364 bits per heavy atom. The summed E-state index contributed by atoms with van der Waals surface area (Å²) in [5, 5.41) is 0. The Bertz CT molecular complexity index is 478. The molecule has 0 radical (unpaired) electrons. The van der Waals surface area contributed by atoms with Crippen molar-refractivity contribution in [3.63, 3.8) is 0 Å². The average molecular weight is 755 g/mol. The Labute approximate surface area is 302 Å². The molecule has 44 heavy (non-hydrogen) atoms. The van der Waals surface area contributed by atoms with Gasteiger partial charge in [0.1, 0.15) is 0 Å². The highest BCUT2D eigenvalue weighted by molar-refractivity contribution is 4.52. The first-order valence-electron chi connectivity index (χ1n) is 20.0. The van der Waals surface area contributed by atoms with Crippen LogP contribution >= 0.6 is 0 Å². The van der Waals surface area contributed by atoms with Crippen LogP contribution in [-0.4, -0.2) is 63.3 Å². The minimum absolute atomic E-state index is 0. The molecule has 0 saturated heterocycles. The summed E-state index contributed by atoms with van der Waals surface area (Å²) in [6.07, 6.45) is 43.5. The SMILES string of the molecule is CCCCCCCCCCCCCC[N+](C)(C)CCCCCCCC[N+](C)(C)CCCCCCCCCCCCCC.[Br-].[Br-]. The van der Waals surface area contributed by atoms with E-state index in [1.807, 2.05) is 0 Å². The molecule has 0 saturated carbocycles. The number of halogens is 2. The lowest BCUT2D eigenvalue weighted by Gasteiger charge is -2.30. The molecule has 0 aliphatic heterocycles. The third kappa shape index (κ3) is 39.1. The number of quaternary nitrogens is 2. The van der Waals surface area contributed by atoms with Gasteiger partial charge in [0.25, 0.3) is 0 Å². The monoisotopic (exact) mass is 753 g/mol. The van der Waals surface area contributed by atoms with Gasteiger partial charge in [-0.2, -0.15) is 0 Å². The quantitative estimate of drug-likeness (QED) is 0.0489. The summed E-state index contributed by atoms with van der Waals surface area (Å²) in [4.78, 5) is 0. The second-order valence-corrected chi connectivity index (χ2v) is 15.7. The van der Waals surface area contributed by atoms with Gasteiger partial charge in [-0.1, -0.05) is 155 Å². The molecule has 0 aliphatic carbocycles. The molecule has 270 valence electrons. The van der Waals surface area contributed by atoms with Crippen LogP contribution in [0.4, 0.5) is 0 Å². The standard InChI is InChI=1S/C40H86N2.2BrH/c1-7-9-11-13-15-17-19-21-23-25-29-33-37-41(3,4)39-35-31-27-28-32-36-40-42(5,6)38-34-30-26-24-22-20-18-16-14-12-10-8-2;;/h7-40H2,1-6H3;2*1H/q+2;;/p-2. The van der Waals surface area contributed by atoms with Gasteiger partial charge in [-0.3, -0.25) is 0 Å². The Morgan fingerprint density at radius 3 is 0.523 bits per heavy atom. The molecule has 2 nitrogen and oxygen atoms in total. The topological polar surface area (TPSA) is 0 Å². The summed E-state index contributed by atoms with van der Waals surface area (Å²) in [6, 6.07) is 0. The maximum absolute atomic E-state index is 2.47. The van der Waals surface area contributed by atoms with Crippen LogP contribution in [0.1, 0.15) is 206 Å². The Balaban J connectivity index is -0.00000840. The normalized spacial score (nSPS) is 11.9. The van der Waals surface area contributed by atoms with E-state index in [0.29, 0.717) is 0 Å². The molecule has 0 bridgehead atoms. The summed E-state index contributed by atoms with van der Waals surface area (Å²) < 4.78 is 2.48. The van der Waals surface area contributed by atoms with Crippen molar-refractivity contribution in [3.8, 4) is 0 Å². The van der Waals surface area contributed by atoms with Crippen LogP contribution in [0.3, 0.4) is 0 Å². The average Bonchev–Trinajstić information content (AvgIpc) is 2.95. The Hall–Kier alpha value is 0.880. The highest BCUT2D eigenvalue weighted by atomic mass is 79.9. The Morgan fingerprint density at radius 1 is 0.227 bits per heavy atom. The molecule has 0 aromatic heterocycles. The van der Waals surface area contributed by atoms with E-state index in [1.165, 1.54) is 228 Å². The lowest BCUT2D eigenvalue weighted by Crippen LogP contribution is -3.00. The minimum atomic E-state index is 0. The fourth-order valence-corrected chi connectivity index (χ4v) is 6.77. The van der Waals surface area contributed by atoms with Crippen molar-refractivity contribution in [1.29, 1.82) is 0 Å². The van der Waals surface area contributed by atoms with Gasteiger partial charge in [0.15, 0.2) is 0 Å². The predicted octanol–water partition coefficient (Wildman–Crippen LogP) is 6.89. The fourth-order valence-electron chi connectivity index (χ4n) is 6.77. The van der Waals surface area contributed by atoms with E-state index >= 15 is 0 Å². The van der Waals surface area contributed by atoms with Crippen LogP contribution < -0.4 is 34.0 Å². The van der Waals surface area contributed by atoms with Crippen molar-refractivity contribution in [2.75, 3.05) is 54.4 Å². The van der Waals surface area contributed by atoms with Crippen LogP contribution in [0.15, 0.2) is 0 Å². The minimum Gasteiger partial charge on any atom is -1.00 e. The molecular formula is C40H86Br2N2. The van der Waals surface area contributed by atoms with Crippen molar-refractivity contribution >= 4 is 0 Å². The van der Waals surface area contributed by atoms with Crippen LogP contribution in [0, 0.1) is 0 Å². The van der Waals surface area contributed by atoms with E-state index in [2.05, 4.69) is 42.0 Å². The number of unbranched alkanes of at least 4 members (excludes halogenated alkanes) is 27. The lowest BCUT2D eigenvalue weighted by molar-refractivity contribution is -0.890. The van der Waals surface area contributed by atoms with Crippen molar-refractivity contribution in [2.24, 2.45) is 0 Å². The molecule has 0 rings (SSSR count). The van der Waals surface area contributed by atoms with Gasteiger partial charge >= 0.3 is 0 Å². The van der Waals surface area contributed by atoms with Gasteiger partial charge in [-0.05, 0) is 51.4 Å². The van der Waals surface area contributed by atoms with Gasteiger partial charge in [0, 0.05) is 0 Å². The molecule has 0 aliphatic rings. The van der Waals surface area contributed by atoms with Gasteiger partial charge < -0.3 is 42.9 Å². The van der Waals surface area contributed by atoms with Crippen LogP contribution in [0.5, 0.6) is 0 Å². The third-order valence-corrected chi connectivity index (χ3v) is 10.0. The lowest BCUT2D eigenvalue weighted by atomic mass is 10.0. The zero-order valence-corrected chi connectivity index (χ0v) is 34.9. The molecule has 0 aromatic rings. The van der Waals surface area contributed by atoms with Gasteiger partial charge in [0.05, 0.1) is 54.4 Å². The van der Waals surface area contributed by atoms with Gasteiger partial charge in [-0.25, -0.2) is 0 Å². The molecule has 0 N–H and O–H groups in total. The van der Waals surface area contributed by atoms with Gasteiger partial charge in [-0.15, -0.1) is 0 Å². The van der Waals surface area contributed by atoms with Crippen molar-refractivity contribution in [3.05, 3.63) is 0 Å². The highest BCUT2D eigenvalue weighted by Gasteiger charge is 2.15. The van der Waals surface area contributed by atoms with E-state index in [1.54, 1.807) is 0 Å². The number of rotatable bonds is 35. The van der Waals surface area contributed by atoms with Crippen LogP contribution in [-0.2, 0) is 0 Å². The summed E-state index contributed by atoms with van der Waals surface area (Å²) in [5.74, 6) is 0. The summed E-state index contributed by atoms with van der Waals surface area (Å²) in [7, 11) is 9.87. The summed E-state index contributed by atoms with van der Waals surface area (Å²) >= 11 is 0. The number of hydrogen-bond acceptors (Lipinski definition) is 0. The molecule has 0 heterocycles. The number of nitrogens with zero attached hydrogens (tertiary/aromatic N) is 2. The van der Waals surface area contributed by atoms with E-state index in [4.69, 9.17) is 0 Å².